The van der Waals surface area contributed by atoms with Crippen molar-refractivity contribution in [1.82, 2.24) is 19.1 Å². The predicted molar refractivity (Wildman–Crippen MR) is 109 cm³/mol. The average molecular weight is 387 g/mol. The summed E-state index contributed by atoms with van der Waals surface area (Å²) in [6.07, 6.45) is 2.09. The zero-order valence-corrected chi connectivity index (χ0v) is 16.5. The Kier molecular flexibility index (Phi) is 4.64. The maximum absolute atomic E-state index is 5.66. The highest BCUT2D eigenvalue weighted by atomic mass is 32.2. The molecule has 0 amide bonds. The molecule has 0 aliphatic carbocycles. The van der Waals surface area contributed by atoms with Gasteiger partial charge < -0.3 is 0 Å². The molecule has 0 bridgehead atoms. The van der Waals surface area contributed by atoms with E-state index in [0.717, 1.165) is 21.8 Å². The second kappa shape index (κ2) is 6.92. The van der Waals surface area contributed by atoms with Gasteiger partial charge in [-0.2, -0.15) is 0 Å². The van der Waals surface area contributed by atoms with Crippen LogP contribution in [-0.4, -0.2) is 32.4 Å². The summed E-state index contributed by atoms with van der Waals surface area (Å²) in [4.78, 5) is 4.46. The summed E-state index contributed by atoms with van der Waals surface area (Å²) in [5.74, 6) is 0. The quantitative estimate of drug-likeness (QED) is 0.360. The Hall–Kier alpha value is -1.67. The molecule has 128 valence electrons. The Labute approximate surface area is 159 Å². The second-order valence-corrected chi connectivity index (χ2v) is 8.23. The molecule has 0 unspecified atom stereocenters. The lowest BCUT2D eigenvalue weighted by Crippen LogP contribution is -2.22. The van der Waals surface area contributed by atoms with Gasteiger partial charge in [0.2, 0.25) is 9.73 Å². The topological polar surface area (TPSA) is 25.5 Å². The van der Waals surface area contributed by atoms with Gasteiger partial charge in [0.15, 0.2) is 0 Å². The summed E-state index contributed by atoms with van der Waals surface area (Å²) >= 11 is 9.10. The van der Waals surface area contributed by atoms with Crippen LogP contribution in [0.1, 0.15) is 5.56 Å². The SMILES string of the molecule is CSc1ccc(CN(C)Cn2nc3sc4ccccc4n3c2=S)cc1. The molecule has 0 saturated carbocycles. The number of aromatic nitrogens is 3. The van der Waals surface area contributed by atoms with E-state index in [2.05, 4.69) is 59.0 Å². The molecule has 4 nitrogen and oxygen atoms in total. The third kappa shape index (κ3) is 3.25. The van der Waals surface area contributed by atoms with Gasteiger partial charge in [-0.3, -0.25) is 9.30 Å². The maximum Gasteiger partial charge on any atom is 0.216 e. The Morgan fingerprint density at radius 1 is 1.16 bits per heavy atom. The Bertz CT molecular complexity index is 1080. The summed E-state index contributed by atoms with van der Waals surface area (Å²) < 4.78 is 5.93. The number of thioether (sulfide) groups is 1. The van der Waals surface area contributed by atoms with Crippen LogP contribution in [0.15, 0.2) is 53.4 Å². The van der Waals surface area contributed by atoms with E-state index in [1.165, 1.54) is 15.2 Å². The summed E-state index contributed by atoms with van der Waals surface area (Å²) in [6, 6.07) is 17.0. The van der Waals surface area contributed by atoms with E-state index < -0.39 is 0 Å². The highest BCUT2D eigenvalue weighted by Gasteiger charge is 2.12. The van der Waals surface area contributed by atoms with Crippen molar-refractivity contribution in [1.29, 1.82) is 0 Å². The number of benzene rings is 2. The van der Waals surface area contributed by atoms with E-state index in [1.807, 2.05) is 16.8 Å². The van der Waals surface area contributed by atoms with Gasteiger partial charge in [0, 0.05) is 11.4 Å². The molecular formula is C18H18N4S3. The van der Waals surface area contributed by atoms with Gasteiger partial charge in [0.05, 0.1) is 16.9 Å². The average Bonchev–Trinajstić information content (AvgIpc) is 3.12. The van der Waals surface area contributed by atoms with Crippen molar-refractivity contribution in [2.75, 3.05) is 13.3 Å². The highest BCUT2D eigenvalue weighted by Crippen LogP contribution is 2.25. The van der Waals surface area contributed by atoms with Crippen LogP contribution < -0.4 is 0 Å². The zero-order chi connectivity index (χ0) is 17.4. The molecule has 0 spiro atoms. The molecule has 0 N–H and O–H groups in total. The van der Waals surface area contributed by atoms with Crippen molar-refractivity contribution in [3.05, 3.63) is 58.9 Å². The third-order valence-corrected chi connectivity index (χ3v) is 6.25. The number of para-hydroxylation sites is 1. The minimum absolute atomic E-state index is 0.672. The van der Waals surface area contributed by atoms with Crippen molar-refractivity contribution in [3.8, 4) is 0 Å². The number of hydrogen-bond donors (Lipinski definition) is 0. The van der Waals surface area contributed by atoms with Gasteiger partial charge in [-0.1, -0.05) is 35.6 Å². The zero-order valence-electron chi connectivity index (χ0n) is 14.0. The van der Waals surface area contributed by atoms with Crippen LogP contribution in [0.4, 0.5) is 0 Å². The molecule has 2 aromatic carbocycles. The maximum atomic E-state index is 5.66. The van der Waals surface area contributed by atoms with E-state index in [9.17, 15) is 0 Å². The molecule has 4 rings (SSSR count). The van der Waals surface area contributed by atoms with Gasteiger partial charge in [-0.15, -0.1) is 16.9 Å². The fraction of sp³-hybridized carbons (Fsp3) is 0.222. The third-order valence-electron chi connectivity index (χ3n) is 4.10. The van der Waals surface area contributed by atoms with Gasteiger partial charge >= 0.3 is 0 Å². The first-order valence-corrected chi connectivity index (χ1v) is 10.4. The minimum Gasteiger partial charge on any atom is -0.283 e. The molecule has 0 aliphatic heterocycles. The number of fused-ring (bicyclic) bond motifs is 3. The lowest BCUT2D eigenvalue weighted by atomic mass is 10.2. The van der Waals surface area contributed by atoms with E-state index in [4.69, 9.17) is 17.3 Å². The van der Waals surface area contributed by atoms with Crippen LogP contribution in [0, 0.1) is 4.77 Å². The van der Waals surface area contributed by atoms with E-state index >= 15 is 0 Å². The molecule has 25 heavy (non-hydrogen) atoms. The second-order valence-electron chi connectivity index (χ2n) is 5.97. The number of hydrogen-bond acceptors (Lipinski definition) is 5. The van der Waals surface area contributed by atoms with Crippen molar-refractivity contribution >= 4 is 50.5 Å². The predicted octanol–water partition coefficient (Wildman–Crippen LogP) is 4.89. The molecular weight excluding hydrogens is 368 g/mol. The largest absolute Gasteiger partial charge is 0.283 e. The van der Waals surface area contributed by atoms with E-state index in [-0.39, 0.29) is 0 Å². The summed E-state index contributed by atoms with van der Waals surface area (Å²) in [6.45, 7) is 1.54. The lowest BCUT2D eigenvalue weighted by Gasteiger charge is -2.16. The highest BCUT2D eigenvalue weighted by molar-refractivity contribution is 7.98. The first-order chi connectivity index (χ1) is 12.2. The summed E-state index contributed by atoms with van der Waals surface area (Å²) in [7, 11) is 2.09. The molecule has 0 saturated heterocycles. The molecule has 2 aromatic heterocycles. The number of thiazole rings is 1. The van der Waals surface area contributed by atoms with Gasteiger partial charge in [0.1, 0.15) is 0 Å². The number of rotatable bonds is 5. The van der Waals surface area contributed by atoms with Gasteiger partial charge in [-0.05, 0) is 55.4 Å². The fourth-order valence-electron chi connectivity index (χ4n) is 2.90. The van der Waals surface area contributed by atoms with E-state index in [1.54, 1.807) is 23.1 Å². The monoisotopic (exact) mass is 386 g/mol. The molecule has 7 heteroatoms. The minimum atomic E-state index is 0.672. The molecule has 0 radical (unpaired) electrons. The van der Waals surface area contributed by atoms with Crippen molar-refractivity contribution in [3.63, 3.8) is 0 Å². The Morgan fingerprint density at radius 2 is 1.92 bits per heavy atom. The first kappa shape index (κ1) is 16.8. The van der Waals surface area contributed by atoms with Crippen LogP contribution in [0.3, 0.4) is 0 Å². The van der Waals surface area contributed by atoms with Crippen molar-refractivity contribution < 1.29 is 0 Å². The molecule has 0 atom stereocenters. The van der Waals surface area contributed by atoms with E-state index in [0.29, 0.717) is 6.67 Å². The first-order valence-electron chi connectivity index (χ1n) is 7.94. The van der Waals surface area contributed by atoms with Gasteiger partial charge in [-0.25, -0.2) is 4.68 Å². The van der Waals surface area contributed by atoms with Crippen LogP contribution in [0.25, 0.3) is 15.2 Å². The number of nitrogens with zero attached hydrogens (tertiary/aromatic N) is 4. The standard InChI is InChI=1S/C18H18N4S3/c1-20(11-13-7-9-14(24-2)10-8-13)12-21-18(23)22-15-5-3-4-6-16(15)25-17(22)19-21/h3-10H,11-12H2,1-2H3. The molecule has 0 aliphatic rings. The molecule has 2 heterocycles. The van der Waals surface area contributed by atoms with Crippen LogP contribution in [-0.2, 0) is 13.2 Å². The summed E-state index contributed by atoms with van der Waals surface area (Å²) in [5.41, 5.74) is 2.42. The summed E-state index contributed by atoms with van der Waals surface area (Å²) in [5, 5.41) is 4.71. The van der Waals surface area contributed by atoms with Crippen molar-refractivity contribution in [2.24, 2.45) is 0 Å². The Balaban J connectivity index is 1.57. The van der Waals surface area contributed by atoms with Crippen molar-refractivity contribution in [2.45, 2.75) is 18.1 Å². The van der Waals surface area contributed by atoms with Crippen LogP contribution in [0.5, 0.6) is 0 Å². The lowest BCUT2D eigenvalue weighted by molar-refractivity contribution is 0.245. The smallest absolute Gasteiger partial charge is 0.216 e. The Morgan fingerprint density at radius 3 is 2.68 bits per heavy atom. The van der Waals surface area contributed by atoms with Crippen LogP contribution >= 0.6 is 35.3 Å². The van der Waals surface area contributed by atoms with Crippen LogP contribution in [0.2, 0.25) is 0 Å². The normalized spacial score (nSPS) is 11.8. The van der Waals surface area contributed by atoms with Gasteiger partial charge in [0.25, 0.3) is 0 Å². The molecule has 0 fully saturated rings. The molecule has 4 aromatic rings. The fourth-order valence-corrected chi connectivity index (χ4v) is 4.67.